The molecule has 1 aromatic heterocycles. The molecule has 0 bridgehead atoms. The maximum Gasteiger partial charge on any atom is 0.412 e. The maximum atomic E-state index is 13.7. The lowest BCUT2D eigenvalue weighted by molar-refractivity contribution is -0.165. The molecule has 2 rings (SSSR count). The zero-order chi connectivity index (χ0) is 17.2. The molecule has 0 aliphatic carbocycles. The van der Waals surface area contributed by atoms with Gasteiger partial charge in [-0.2, -0.15) is 18.3 Å². The predicted octanol–water partition coefficient (Wildman–Crippen LogP) is 2.54. The average Bonchev–Trinajstić information content (AvgIpc) is 3.00. The van der Waals surface area contributed by atoms with Gasteiger partial charge >= 0.3 is 6.18 Å². The van der Waals surface area contributed by atoms with Crippen LogP contribution in [0.2, 0.25) is 0 Å². The fraction of sp³-hybridized carbons (Fsp3) is 0.308. The summed E-state index contributed by atoms with van der Waals surface area (Å²) in [6.07, 6.45) is -2.75. The minimum absolute atomic E-state index is 0.687. The first-order valence-corrected chi connectivity index (χ1v) is 6.37. The van der Waals surface area contributed by atoms with Crippen LogP contribution < -0.4 is 5.32 Å². The Balaban J connectivity index is 2.30. The van der Waals surface area contributed by atoms with Gasteiger partial charge in [-0.25, -0.2) is 18.4 Å². The minimum atomic E-state index is -5.01. The van der Waals surface area contributed by atoms with Crippen LogP contribution in [-0.4, -0.2) is 26.8 Å². The number of nitrogens with one attached hydrogen (secondary N) is 1. The van der Waals surface area contributed by atoms with Crippen molar-refractivity contribution < 1.29 is 26.7 Å². The van der Waals surface area contributed by atoms with E-state index in [1.807, 2.05) is 0 Å². The number of halogens is 5. The van der Waals surface area contributed by atoms with Crippen molar-refractivity contribution in [1.82, 2.24) is 20.1 Å². The number of carbonyl (C=O) groups is 1. The van der Waals surface area contributed by atoms with Crippen LogP contribution in [0.25, 0.3) is 0 Å². The Labute approximate surface area is 127 Å². The smallest absolute Gasteiger partial charge is 0.339 e. The number of carbonyl (C=O) groups excluding carboxylic acids is 1. The van der Waals surface area contributed by atoms with E-state index in [0.717, 1.165) is 29.5 Å². The van der Waals surface area contributed by atoms with Crippen LogP contribution in [0.15, 0.2) is 30.9 Å². The van der Waals surface area contributed by atoms with Crippen molar-refractivity contribution in [3.63, 3.8) is 0 Å². The Morgan fingerprint density at radius 3 is 2.57 bits per heavy atom. The van der Waals surface area contributed by atoms with Crippen molar-refractivity contribution in [1.29, 1.82) is 0 Å². The molecule has 1 aromatic carbocycles. The third-order valence-electron chi connectivity index (χ3n) is 3.12. The fourth-order valence-electron chi connectivity index (χ4n) is 1.88. The lowest BCUT2D eigenvalue weighted by atomic mass is 10.0. The number of hydrogen-bond donors (Lipinski definition) is 1. The molecule has 2 aromatic rings. The highest BCUT2D eigenvalue weighted by Gasteiger charge is 2.44. The Kier molecular flexibility index (Phi) is 4.62. The molecule has 124 valence electrons. The first kappa shape index (κ1) is 16.8. The van der Waals surface area contributed by atoms with Gasteiger partial charge in [-0.3, -0.25) is 4.79 Å². The molecular formula is C13H11F5N4O. The summed E-state index contributed by atoms with van der Waals surface area (Å²) in [6.45, 7) is 1.29. The molecule has 0 aliphatic heterocycles. The summed E-state index contributed by atoms with van der Waals surface area (Å²) in [5.41, 5.74) is -1.00. The number of amides is 1. The lowest BCUT2D eigenvalue weighted by Gasteiger charge is -2.24. The number of rotatable bonds is 4. The molecule has 0 radical (unpaired) electrons. The number of alkyl halides is 3. The Bertz CT molecular complexity index is 686. The van der Waals surface area contributed by atoms with Crippen molar-refractivity contribution in [3.05, 3.63) is 48.1 Å². The highest BCUT2D eigenvalue weighted by Crippen LogP contribution is 2.34. The topological polar surface area (TPSA) is 59.8 Å². The van der Waals surface area contributed by atoms with E-state index < -0.39 is 41.4 Å². The molecular weight excluding hydrogens is 323 g/mol. The third-order valence-corrected chi connectivity index (χ3v) is 3.12. The van der Waals surface area contributed by atoms with Gasteiger partial charge < -0.3 is 5.32 Å². The summed E-state index contributed by atoms with van der Waals surface area (Å²) in [5.74, 6) is -4.17. The minimum Gasteiger partial charge on any atom is -0.339 e. The van der Waals surface area contributed by atoms with Crippen molar-refractivity contribution in [2.45, 2.75) is 25.2 Å². The van der Waals surface area contributed by atoms with Crippen LogP contribution in [0.3, 0.4) is 0 Å². The Hall–Kier alpha value is -2.52. The highest BCUT2D eigenvalue weighted by atomic mass is 19.4. The Morgan fingerprint density at radius 2 is 2.00 bits per heavy atom. The second kappa shape index (κ2) is 6.31. The molecule has 10 heteroatoms. The van der Waals surface area contributed by atoms with Crippen LogP contribution in [0.1, 0.15) is 24.6 Å². The number of aromatic nitrogens is 3. The maximum absolute atomic E-state index is 13.7. The van der Waals surface area contributed by atoms with Gasteiger partial charge in [-0.1, -0.05) is 12.1 Å². The average molecular weight is 334 g/mol. The standard InChI is InChI=1S/C13H11F5N4O/c1-7(22-6-19-5-20-22)12(23)21-11(13(16,17)18)8-3-2-4-9(14)10(8)15/h2-7,11H,1H3,(H,21,23)/t7-,11+/m1/s1. The van der Waals surface area contributed by atoms with E-state index in [2.05, 4.69) is 10.1 Å². The molecule has 1 heterocycles. The van der Waals surface area contributed by atoms with Gasteiger partial charge in [0.05, 0.1) is 0 Å². The normalized spacial score (nSPS) is 14.3. The van der Waals surface area contributed by atoms with Crippen LogP contribution in [0.4, 0.5) is 22.0 Å². The first-order valence-electron chi connectivity index (χ1n) is 6.37. The van der Waals surface area contributed by atoms with E-state index in [1.165, 1.54) is 6.92 Å². The first-order chi connectivity index (χ1) is 10.7. The van der Waals surface area contributed by atoms with E-state index in [4.69, 9.17) is 0 Å². The van der Waals surface area contributed by atoms with E-state index in [0.29, 0.717) is 6.07 Å². The molecule has 1 N–H and O–H groups in total. The zero-order valence-electron chi connectivity index (χ0n) is 11.7. The van der Waals surface area contributed by atoms with Crippen molar-refractivity contribution in [3.8, 4) is 0 Å². The summed E-state index contributed by atoms with van der Waals surface area (Å²) in [5, 5.41) is 5.31. The second-order valence-electron chi connectivity index (χ2n) is 4.68. The molecule has 0 saturated heterocycles. The number of nitrogens with zero attached hydrogens (tertiary/aromatic N) is 3. The quantitative estimate of drug-likeness (QED) is 0.874. The summed E-state index contributed by atoms with van der Waals surface area (Å²) < 4.78 is 67.3. The summed E-state index contributed by atoms with van der Waals surface area (Å²) in [7, 11) is 0. The molecule has 0 fully saturated rings. The largest absolute Gasteiger partial charge is 0.412 e. The Morgan fingerprint density at radius 1 is 1.30 bits per heavy atom. The molecule has 23 heavy (non-hydrogen) atoms. The molecule has 5 nitrogen and oxygen atoms in total. The van der Waals surface area contributed by atoms with Gasteiger partial charge in [0.25, 0.3) is 0 Å². The van der Waals surface area contributed by atoms with Gasteiger partial charge in [0, 0.05) is 5.56 Å². The van der Waals surface area contributed by atoms with Crippen LogP contribution in [-0.2, 0) is 4.79 Å². The van der Waals surface area contributed by atoms with Gasteiger partial charge in [-0.15, -0.1) is 0 Å². The third kappa shape index (κ3) is 3.63. The van der Waals surface area contributed by atoms with Crippen LogP contribution >= 0.6 is 0 Å². The molecule has 0 unspecified atom stereocenters. The molecule has 0 spiro atoms. The summed E-state index contributed by atoms with van der Waals surface area (Å²) in [4.78, 5) is 15.5. The highest BCUT2D eigenvalue weighted by molar-refractivity contribution is 5.80. The molecule has 1 amide bonds. The van der Waals surface area contributed by atoms with Crippen LogP contribution in [0.5, 0.6) is 0 Å². The SMILES string of the molecule is C[C@H](C(=O)N[C@@H](c1cccc(F)c1F)C(F)(F)F)n1cncn1. The predicted molar refractivity (Wildman–Crippen MR) is 68.0 cm³/mol. The van der Waals surface area contributed by atoms with Gasteiger partial charge in [-0.05, 0) is 13.0 Å². The van der Waals surface area contributed by atoms with Gasteiger partial charge in [0.15, 0.2) is 17.7 Å². The lowest BCUT2D eigenvalue weighted by Crippen LogP contribution is -2.41. The van der Waals surface area contributed by atoms with E-state index in [1.54, 1.807) is 5.32 Å². The number of hydrogen-bond acceptors (Lipinski definition) is 3. The molecule has 2 atom stereocenters. The summed E-state index contributed by atoms with van der Waals surface area (Å²) in [6, 6.07) is -1.42. The van der Waals surface area contributed by atoms with Gasteiger partial charge in [0.2, 0.25) is 5.91 Å². The van der Waals surface area contributed by atoms with Gasteiger partial charge in [0.1, 0.15) is 18.7 Å². The molecule has 0 aliphatic rings. The second-order valence-corrected chi connectivity index (χ2v) is 4.68. The zero-order valence-corrected chi connectivity index (χ0v) is 11.7. The number of benzene rings is 1. The van der Waals surface area contributed by atoms with E-state index >= 15 is 0 Å². The van der Waals surface area contributed by atoms with E-state index in [-0.39, 0.29) is 0 Å². The van der Waals surface area contributed by atoms with Crippen LogP contribution in [0, 0.1) is 11.6 Å². The summed E-state index contributed by atoms with van der Waals surface area (Å²) >= 11 is 0. The monoisotopic (exact) mass is 334 g/mol. The van der Waals surface area contributed by atoms with Crippen molar-refractivity contribution >= 4 is 5.91 Å². The van der Waals surface area contributed by atoms with Crippen molar-refractivity contribution in [2.75, 3.05) is 0 Å². The fourth-order valence-corrected chi connectivity index (χ4v) is 1.88. The van der Waals surface area contributed by atoms with E-state index in [9.17, 15) is 26.7 Å². The molecule has 0 saturated carbocycles. The van der Waals surface area contributed by atoms with Crippen molar-refractivity contribution in [2.24, 2.45) is 0 Å².